The zero-order valence-corrected chi connectivity index (χ0v) is 13.6. The van der Waals surface area contributed by atoms with E-state index < -0.39 is 5.82 Å². The Balaban J connectivity index is 2.35. The van der Waals surface area contributed by atoms with Gasteiger partial charge in [0.05, 0.1) is 28.4 Å². The highest BCUT2D eigenvalue weighted by atomic mass is 19.1. The predicted molar refractivity (Wildman–Crippen MR) is 88.0 cm³/mol. The van der Waals surface area contributed by atoms with E-state index in [2.05, 4.69) is 0 Å². The first-order valence-electron chi connectivity index (χ1n) is 6.94. The summed E-state index contributed by atoms with van der Waals surface area (Å²) in [6.45, 7) is 0. The molecule has 23 heavy (non-hydrogen) atoms. The van der Waals surface area contributed by atoms with E-state index in [0.29, 0.717) is 17.2 Å². The molecule has 0 aliphatic carbocycles. The van der Waals surface area contributed by atoms with E-state index in [1.54, 1.807) is 33.5 Å². The Kier molecular flexibility index (Phi) is 5.46. The van der Waals surface area contributed by atoms with Crippen molar-refractivity contribution in [3.63, 3.8) is 0 Å². The summed E-state index contributed by atoms with van der Waals surface area (Å²) in [6.07, 6.45) is 3.72. The van der Waals surface area contributed by atoms with Gasteiger partial charge in [0.25, 0.3) is 0 Å². The molecule has 2 rings (SSSR count). The Morgan fingerprint density at radius 1 is 0.696 bits per heavy atom. The van der Waals surface area contributed by atoms with Crippen molar-refractivity contribution in [1.82, 2.24) is 0 Å². The number of ether oxygens (including phenoxy) is 4. The molecule has 0 aliphatic rings. The van der Waals surface area contributed by atoms with E-state index in [1.807, 2.05) is 24.3 Å². The largest absolute Gasteiger partial charge is 0.494 e. The van der Waals surface area contributed by atoms with Crippen LogP contribution < -0.4 is 18.9 Å². The number of rotatable bonds is 6. The molecule has 0 aliphatic heterocycles. The average molecular weight is 318 g/mol. The third-order valence-electron chi connectivity index (χ3n) is 3.33. The molecule has 0 N–H and O–H groups in total. The van der Waals surface area contributed by atoms with Gasteiger partial charge in [-0.15, -0.1) is 0 Å². The van der Waals surface area contributed by atoms with Crippen molar-refractivity contribution in [2.24, 2.45) is 0 Å². The molecule has 0 unspecified atom stereocenters. The monoisotopic (exact) mass is 318 g/mol. The van der Waals surface area contributed by atoms with E-state index in [-0.39, 0.29) is 5.75 Å². The summed E-state index contributed by atoms with van der Waals surface area (Å²) in [5, 5.41) is 0. The quantitative estimate of drug-likeness (QED) is 0.754. The lowest BCUT2D eigenvalue weighted by Crippen LogP contribution is -1.95. The summed E-state index contributed by atoms with van der Waals surface area (Å²) in [5.74, 6) is 1.50. The average Bonchev–Trinajstić information content (AvgIpc) is 2.59. The van der Waals surface area contributed by atoms with Crippen molar-refractivity contribution in [1.29, 1.82) is 0 Å². The highest BCUT2D eigenvalue weighted by Gasteiger charge is 2.12. The number of benzene rings is 2. The molecule has 4 nitrogen and oxygen atoms in total. The van der Waals surface area contributed by atoms with E-state index in [0.717, 1.165) is 11.1 Å². The summed E-state index contributed by atoms with van der Waals surface area (Å²) in [5.41, 5.74) is 1.68. The van der Waals surface area contributed by atoms with Crippen LogP contribution in [0.15, 0.2) is 30.3 Å². The highest BCUT2D eigenvalue weighted by Crippen LogP contribution is 2.38. The lowest BCUT2D eigenvalue weighted by Gasteiger charge is -2.12. The molecule has 0 fully saturated rings. The molecule has 0 aromatic heterocycles. The summed E-state index contributed by atoms with van der Waals surface area (Å²) in [6, 6.07) is 8.33. The van der Waals surface area contributed by atoms with Crippen molar-refractivity contribution in [2.75, 3.05) is 28.4 Å². The Morgan fingerprint density at radius 2 is 1.22 bits per heavy atom. The van der Waals surface area contributed by atoms with Crippen molar-refractivity contribution in [2.45, 2.75) is 0 Å². The zero-order valence-electron chi connectivity index (χ0n) is 13.6. The minimum Gasteiger partial charge on any atom is -0.494 e. The molecule has 0 spiro atoms. The lowest BCUT2D eigenvalue weighted by atomic mass is 10.1. The van der Waals surface area contributed by atoms with Crippen molar-refractivity contribution in [3.8, 4) is 23.0 Å². The summed E-state index contributed by atoms with van der Waals surface area (Å²) < 4.78 is 34.3. The predicted octanol–water partition coefficient (Wildman–Crippen LogP) is 4.03. The van der Waals surface area contributed by atoms with Gasteiger partial charge in [-0.3, -0.25) is 0 Å². The van der Waals surface area contributed by atoms with Crippen LogP contribution in [-0.2, 0) is 0 Å². The molecule has 0 heterocycles. The van der Waals surface area contributed by atoms with E-state index in [4.69, 9.17) is 18.9 Å². The van der Waals surface area contributed by atoms with Gasteiger partial charge < -0.3 is 18.9 Å². The van der Waals surface area contributed by atoms with Gasteiger partial charge in [-0.1, -0.05) is 18.2 Å². The summed E-state index contributed by atoms with van der Waals surface area (Å²) in [4.78, 5) is 0. The van der Waals surface area contributed by atoms with Crippen LogP contribution in [0.3, 0.4) is 0 Å². The van der Waals surface area contributed by atoms with Crippen LogP contribution in [-0.4, -0.2) is 28.4 Å². The molecule has 0 amide bonds. The number of hydrogen-bond donors (Lipinski definition) is 0. The Bertz CT molecular complexity index is 685. The lowest BCUT2D eigenvalue weighted by molar-refractivity contribution is 0.324. The van der Waals surface area contributed by atoms with Gasteiger partial charge in [-0.05, 0) is 35.4 Å². The first kappa shape index (κ1) is 16.7. The molecule has 0 bridgehead atoms. The maximum Gasteiger partial charge on any atom is 0.203 e. The van der Waals surface area contributed by atoms with Gasteiger partial charge in [-0.2, -0.15) is 0 Å². The summed E-state index contributed by atoms with van der Waals surface area (Å²) in [7, 11) is 6.12. The fraction of sp³-hybridized carbons (Fsp3) is 0.222. The second-order valence-corrected chi connectivity index (χ2v) is 4.69. The molecule has 2 aromatic rings. The molecule has 0 atom stereocenters. The fourth-order valence-electron chi connectivity index (χ4n) is 2.17. The Hall–Kier alpha value is -2.69. The van der Waals surface area contributed by atoms with Crippen LogP contribution in [0.1, 0.15) is 11.1 Å². The van der Waals surface area contributed by atoms with Crippen LogP contribution >= 0.6 is 0 Å². The molecule has 0 saturated heterocycles. The first-order chi connectivity index (χ1) is 11.1. The van der Waals surface area contributed by atoms with Gasteiger partial charge in [0, 0.05) is 0 Å². The Labute approximate surface area is 135 Å². The topological polar surface area (TPSA) is 36.9 Å². The van der Waals surface area contributed by atoms with Crippen molar-refractivity contribution >= 4 is 12.2 Å². The normalized spacial score (nSPS) is 10.7. The molecule has 2 aromatic carbocycles. The van der Waals surface area contributed by atoms with Gasteiger partial charge in [0.15, 0.2) is 23.1 Å². The maximum absolute atomic E-state index is 13.4. The van der Waals surface area contributed by atoms with Crippen molar-refractivity contribution < 1.29 is 23.3 Å². The van der Waals surface area contributed by atoms with Crippen LogP contribution in [0.25, 0.3) is 12.2 Å². The molecule has 5 heteroatoms. The summed E-state index contributed by atoms with van der Waals surface area (Å²) >= 11 is 0. The SMILES string of the molecule is COc1cc(/C=C/c2cc(OC)c(OC)c(OC)c2)ccc1F. The van der Waals surface area contributed by atoms with Crippen LogP contribution in [0.2, 0.25) is 0 Å². The smallest absolute Gasteiger partial charge is 0.203 e. The van der Waals surface area contributed by atoms with Crippen LogP contribution in [0.4, 0.5) is 4.39 Å². The third kappa shape index (κ3) is 3.74. The van der Waals surface area contributed by atoms with E-state index in [9.17, 15) is 4.39 Å². The second-order valence-electron chi connectivity index (χ2n) is 4.69. The third-order valence-corrected chi connectivity index (χ3v) is 3.33. The minimum atomic E-state index is -0.391. The Morgan fingerprint density at radius 3 is 1.74 bits per heavy atom. The molecule has 0 radical (unpaired) electrons. The van der Waals surface area contributed by atoms with Crippen LogP contribution in [0.5, 0.6) is 23.0 Å². The van der Waals surface area contributed by atoms with Gasteiger partial charge in [0.1, 0.15) is 0 Å². The minimum absolute atomic E-state index is 0.206. The van der Waals surface area contributed by atoms with Gasteiger partial charge in [0.2, 0.25) is 5.75 Å². The standard InChI is InChI=1S/C18H19FO4/c1-20-15-9-12(7-8-14(15)19)5-6-13-10-16(21-2)18(23-4)17(11-13)22-3/h5-11H,1-4H3/b6-5+. The molecule has 0 saturated carbocycles. The highest BCUT2D eigenvalue weighted by molar-refractivity contribution is 5.73. The molecular formula is C18H19FO4. The maximum atomic E-state index is 13.4. The van der Waals surface area contributed by atoms with Gasteiger partial charge in [-0.25, -0.2) is 4.39 Å². The number of hydrogen-bond acceptors (Lipinski definition) is 4. The van der Waals surface area contributed by atoms with E-state index in [1.165, 1.54) is 13.2 Å². The number of methoxy groups -OCH3 is 4. The van der Waals surface area contributed by atoms with E-state index >= 15 is 0 Å². The first-order valence-corrected chi connectivity index (χ1v) is 6.94. The number of halogens is 1. The molecule has 122 valence electrons. The van der Waals surface area contributed by atoms with Crippen LogP contribution in [0, 0.1) is 5.82 Å². The van der Waals surface area contributed by atoms with Crippen molar-refractivity contribution in [3.05, 3.63) is 47.3 Å². The van der Waals surface area contributed by atoms with Gasteiger partial charge >= 0.3 is 0 Å². The fourth-order valence-corrected chi connectivity index (χ4v) is 2.17. The molecular weight excluding hydrogens is 299 g/mol. The second kappa shape index (κ2) is 7.54. The zero-order chi connectivity index (χ0) is 16.8.